The molecule has 4 nitrogen and oxygen atoms in total. The minimum absolute atomic E-state index is 0.0138. The zero-order chi connectivity index (χ0) is 14.5. The van der Waals surface area contributed by atoms with Gasteiger partial charge in [0.1, 0.15) is 5.60 Å². The van der Waals surface area contributed by atoms with E-state index in [-0.39, 0.29) is 12.1 Å². The Morgan fingerprint density at radius 2 is 2.16 bits per heavy atom. The summed E-state index contributed by atoms with van der Waals surface area (Å²) >= 11 is 1.75. The summed E-state index contributed by atoms with van der Waals surface area (Å²) in [6.07, 6.45) is 1.66. The van der Waals surface area contributed by atoms with Gasteiger partial charge >= 0.3 is 6.09 Å². The number of ether oxygens (including phenoxy) is 1. The van der Waals surface area contributed by atoms with Gasteiger partial charge in [-0.3, -0.25) is 4.99 Å². The van der Waals surface area contributed by atoms with E-state index in [1.807, 2.05) is 20.8 Å². The van der Waals surface area contributed by atoms with Crippen molar-refractivity contribution in [2.75, 3.05) is 12.3 Å². The van der Waals surface area contributed by atoms with Crippen molar-refractivity contribution in [1.29, 1.82) is 0 Å². The van der Waals surface area contributed by atoms with Crippen LogP contribution in [0.4, 0.5) is 4.79 Å². The zero-order valence-electron chi connectivity index (χ0n) is 12.7. The fourth-order valence-electron chi connectivity index (χ4n) is 1.83. The number of nitrogens with one attached hydrogen (secondary N) is 1. The van der Waals surface area contributed by atoms with Gasteiger partial charge in [-0.1, -0.05) is 13.8 Å². The van der Waals surface area contributed by atoms with E-state index in [9.17, 15) is 4.79 Å². The van der Waals surface area contributed by atoms with Crippen LogP contribution in [0.5, 0.6) is 0 Å². The number of nitrogens with zero attached hydrogens (tertiary/aromatic N) is 1. The number of hydrogen-bond acceptors (Lipinski definition) is 4. The minimum Gasteiger partial charge on any atom is -0.444 e. The summed E-state index contributed by atoms with van der Waals surface area (Å²) in [5.74, 6) is 1.59. The van der Waals surface area contributed by atoms with Crippen molar-refractivity contribution in [3.05, 3.63) is 0 Å². The maximum absolute atomic E-state index is 11.9. The molecule has 1 amide bonds. The lowest BCUT2D eigenvalue weighted by molar-refractivity contribution is 0.0515. The second-order valence-electron chi connectivity index (χ2n) is 6.25. The predicted octanol–water partition coefficient (Wildman–Crippen LogP) is 3.46. The SMILES string of the molecule is CC(C)C[C@H](NC(=O)OC(C)(C)C)C1=NCCCS1. The third-order valence-corrected chi connectivity index (χ3v) is 3.72. The quantitative estimate of drug-likeness (QED) is 0.861. The first-order valence-electron chi connectivity index (χ1n) is 6.94. The smallest absolute Gasteiger partial charge is 0.408 e. The van der Waals surface area contributed by atoms with E-state index in [4.69, 9.17) is 4.74 Å². The highest BCUT2D eigenvalue weighted by atomic mass is 32.2. The Balaban J connectivity index is 2.64. The molecule has 1 rings (SSSR count). The molecule has 0 spiro atoms. The van der Waals surface area contributed by atoms with Gasteiger partial charge in [0, 0.05) is 12.3 Å². The second kappa shape index (κ2) is 7.17. The molecule has 0 radical (unpaired) electrons. The molecule has 0 saturated carbocycles. The molecule has 0 saturated heterocycles. The summed E-state index contributed by atoms with van der Waals surface area (Å²) in [6.45, 7) is 10.8. The van der Waals surface area contributed by atoms with Gasteiger partial charge in [-0.25, -0.2) is 4.79 Å². The summed E-state index contributed by atoms with van der Waals surface area (Å²) in [5, 5.41) is 4.01. The average molecular weight is 286 g/mol. The van der Waals surface area contributed by atoms with Gasteiger partial charge in [-0.15, -0.1) is 11.8 Å². The van der Waals surface area contributed by atoms with Crippen LogP contribution in [0.3, 0.4) is 0 Å². The molecule has 0 aromatic carbocycles. The van der Waals surface area contributed by atoms with Crippen LogP contribution in [0, 0.1) is 5.92 Å². The molecule has 0 aromatic heterocycles. The normalized spacial score (nSPS) is 17.9. The van der Waals surface area contributed by atoms with Gasteiger partial charge in [-0.2, -0.15) is 0 Å². The Morgan fingerprint density at radius 3 is 2.63 bits per heavy atom. The van der Waals surface area contributed by atoms with Gasteiger partial charge in [0.05, 0.1) is 11.1 Å². The van der Waals surface area contributed by atoms with Crippen LogP contribution < -0.4 is 5.32 Å². The van der Waals surface area contributed by atoms with E-state index >= 15 is 0 Å². The third-order valence-electron chi connectivity index (χ3n) is 2.52. The number of amides is 1. The van der Waals surface area contributed by atoms with Gasteiger partial charge in [0.25, 0.3) is 0 Å². The molecule has 5 heteroatoms. The average Bonchev–Trinajstić information content (AvgIpc) is 2.26. The number of carbonyl (C=O) groups excluding carboxylic acids is 1. The van der Waals surface area contributed by atoms with E-state index in [0.717, 1.165) is 30.2 Å². The number of hydrogen-bond donors (Lipinski definition) is 1. The van der Waals surface area contributed by atoms with Crippen molar-refractivity contribution in [3.63, 3.8) is 0 Å². The first-order valence-corrected chi connectivity index (χ1v) is 7.93. The lowest BCUT2D eigenvalue weighted by atomic mass is 10.0. The summed E-state index contributed by atoms with van der Waals surface area (Å²) in [6, 6.07) is -0.0138. The molecule has 0 aliphatic carbocycles. The molecule has 0 bridgehead atoms. The Bertz CT molecular complexity index is 335. The van der Waals surface area contributed by atoms with Gasteiger partial charge in [-0.05, 0) is 39.5 Å². The van der Waals surface area contributed by atoms with Gasteiger partial charge in [0.2, 0.25) is 0 Å². The topological polar surface area (TPSA) is 50.7 Å². The van der Waals surface area contributed by atoms with Crippen molar-refractivity contribution in [1.82, 2.24) is 5.32 Å². The molecule has 1 aliphatic heterocycles. The number of carbonyl (C=O) groups is 1. The second-order valence-corrected chi connectivity index (χ2v) is 7.37. The van der Waals surface area contributed by atoms with E-state index in [0.29, 0.717) is 5.92 Å². The standard InChI is InChI=1S/C14H26N2O2S/c1-10(2)9-11(12-15-7-6-8-19-12)16-13(17)18-14(3,4)5/h10-11H,6-9H2,1-5H3,(H,16,17)/t11-/m0/s1. The Labute approximate surface area is 120 Å². The zero-order valence-corrected chi connectivity index (χ0v) is 13.5. The first kappa shape index (κ1) is 16.3. The van der Waals surface area contributed by atoms with Crippen LogP contribution in [-0.2, 0) is 4.74 Å². The molecule has 0 aromatic rings. The fourth-order valence-corrected chi connectivity index (χ4v) is 2.85. The highest BCUT2D eigenvalue weighted by Gasteiger charge is 2.24. The maximum Gasteiger partial charge on any atom is 0.408 e. The van der Waals surface area contributed by atoms with Crippen molar-refractivity contribution in [2.24, 2.45) is 10.9 Å². The van der Waals surface area contributed by atoms with Crippen molar-refractivity contribution in [3.8, 4) is 0 Å². The molecular formula is C14H26N2O2S. The van der Waals surface area contributed by atoms with Crippen molar-refractivity contribution < 1.29 is 9.53 Å². The van der Waals surface area contributed by atoms with Crippen LogP contribution in [-0.4, -0.2) is 35.1 Å². The van der Waals surface area contributed by atoms with Gasteiger partial charge < -0.3 is 10.1 Å². The molecule has 1 N–H and O–H groups in total. The summed E-state index contributed by atoms with van der Waals surface area (Å²) in [4.78, 5) is 16.4. The van der Waals surface area contributed by atoms with Crippen LogP contribution >= 0.6 is 11.8 Å². The van der Waals surface area contributed by atoms with E-state index < -0.39 is 5.60 Å². The Kier molecular flexibility index (Phi) is 6.17. The highest BCUT2D eigenvalue weighted by molar-refractivity contribution is 8.14. The fraction of sp³-hybridized carbons (Fsp3) is 0.857. The lowest BCUT2D eigenvalue weighted by Gasteiger charge is -2.26. The summed E-state index contributed by atoms with van der Waals surface area (Å²) in [7, 11) is 0. The third kappa shape index (κ3) is 6.85. The largest absolute Gasteiger partial charge is 0.444 e. The molecule has 19 heavy (non-hydrogen) atoms. The maximum atomic E-state index is 11.9. The summed E-state index contributed by atoms with van der Waals surface area (Å²) < 4.78 is 5.33. The molecule has 0 unspecified atom stereocenters. The summed E-state index contributed by atoms with van der Waals surface area (Å²) in [5.41, 5.74) is -0.464. The monoisotopic (exact) mass is 286 g/mol. The van der Waals surface area contributed by atoms with Crippen LogP contribution in [0.25, 0.3) is 0 Å². The first-order chi connectivity index (χ1) is 8.78. The molecule has 1 atom stereocenters. The van der Waals surface area contributed by atoms with Crippen LogP contribution in [0.1, 0.15) is 47.5 Å². The number of alkyl carbamates (subject to hydrolysis) is 1. The van der Waals surface area contributed by atoms with E-state index in [1.54, 1.807) is 11.8 Å². The highest BCUT2D eigenvalue weighted by Crippen LogP contribution is 2.20. The molecule has 1 aliphatic rings. The number of aliphatic imine (C=N–C) groups is 1. The predicted molar refractivity (Wildman–Crippen MR) is 82.0 cm³/mol. The molecular weight excluding hydrogens is 260 g/mol. The molecule has 110 valence electrons. The molecule has 0 fully saturated rings. The van der Waals surface area contributed by atoms with Gasteiger partial charge in [0.15, 0.2) is 0 Å². The van der Waals surface area contributed by atoms with Crippen LogP contribution in [0.2, 0.25) is 0 Å². The Morgan fingerprint density at radius 1 is 1.47 bits per heavy atom. The Hall–Kier alpha value is -0.710. The molecule has 1 heterocycles. The lowest BCUT2D eigenvalue weighted by Crippen LogP contribution is -2.44. The van der Waals surface area contributed by atoms with Crippen molar-refractivity contribution >= 4 is 22.9 Å². The van der Waals surface area contributed by atoms with E-state index in [1.165, 1.54) is 0 Å². The number of thioether (sulfide) groups is 1. The minimum atomic E-state index is -0.464. The van der Waals surface area contributed by atoms with E-state index in [2.05, 4.69) is 24.2 Å². The number of rotatable bonds is 4. The van der Waals surface area contributed by atoms with Crippen LogP contribution in [0.15, 0.2) is 4.99 Å². The van der Waals surface area contributed by atoms with Crippen molar-refractivity contribution in [2.45, 2.75) is 59.1 Å².